The fourth-order valence-corrected chi connectivity index (χ4v) is 4.90. The number of amides is 3. The Kier molecular flexibility index (Phi) is 5.88. The van der Waals surface area contributed by atoms with Gasteiger partial charge in [0, 0.05) is 13.1 Å². The molecule has 2 heterocycles. The quantitative estimate of drug-likeness (QED) is 0.532. The van der Waals surface area contributed by atoms with Gasteiger partial charge in [-0.25, -0.2) is 0 Å². The molecule has 2 aliphatic rings. The third kappa shape index (κ3) is 3.96. The first kappa shape index (κ1) is 21.9. The minimum Gasteiger partial charge on any atom is -0.496 e. The summed E-state index contributed by atoms with van der Waals surface area (Å²) in [6, 6.07) is 22.5. The molecule has 0 radical (unpaired) electrons. The van der Waals surface area contributed by atoms with E-state index in [-0.39, 0.29) is 24.3 Å². The van der Waals surface area contributed by atoms with Crippen LogP contribution in [0.2, 0.25) is 0 Å². The molecule has 0 atom stereocenters. The zero-order valence-corrected chi connectivity index (χ0v) is 19.1. The SMILES string of the molecule is COc1ccc(CN2C(=O)c3ccccc3C2=O)cc1C(=O)N1CCC(c2ccccc2)CC1. The van der Waals surface area contributed by atoms with Gasteiger partial charge in [0.2, 0.25) is 0 Å². The average molecular weight is 455 g/mol. The number of hydrogen-bond donors (Lipinski definition) is 0. The van der Waals surface area contributed by atoms with E-state index in [0.29, 0.717) is 47.0 Å². The Hall–Kier alpha value is -3.93. The molecule has 6 heteroatoms. The number of carbonyl (C=O) groups excluding carboxylic acids is 3. The Balaban J connectivity index is 1.32. The number of nitrogens with zero attached hydrogens (tertiary/aromatic N) is 2. The van der Waals surface area contributed by atoms with Crippen molar-refractivity contribution in [3.63, 3.8) is 0 Å². The van der Waals surface area contributed by atoms with E-state index in [4.69, 9.17) is 4.74 Å². The molecule has 0 aromatic heterocycles. The molecule has 1 saturated heterocycles. The first-order chi connectivity index (χ1) is 16.6. The minimum atomic E-state index is -0.313. The summed E-state index contributed by atoms with van der Waals surface area (Å²) in [5, 5.41) is 0. The van der Waals surface area contributed by atoms with Crippen LogP contribution in [0.3, 0.4) is 0 Å². The van der Waals surface area contributed by atoms with E-state index in [1.165, 1.54) is 17.6 Å². The van der Waals surface area contributed by atoms with Crippen molar-refractivity contribution >= 4 is 17.7 Å². The summed E-state index contributed by atoms with van der Waals surface area (Å²) in [7, 11) is 1.54. The Morgan fingerprint density at radius 2 is 1.50 bits per heavy atom. The smallest absolute Gasteiger partial charge is 0.261 e. The van der Waals surface area contributed by atoms with Crippen LogP contribution in [0, 0.1) is 0 Å². The number of rotatable bonds is 5. The number of likely N-dealkylation sites (tertiary alicyclic amines) is 1. The lowest BCUT2D eigenvalue weighted by Gasteiger charge is -2.32. The van der Waals surface area contributed by atoms with E-state index < -0.39 is 0 Å². The van der Waals surface area contributed by atoms with E-state index in [0.717, 1.165) is 12.8 Å². The van der Waals surface area contributed by atoms with Gasteiger partial charge in [0.25, 0.3) is 17.7 Å². The Morgan fingerprint density at radius 3 is 2.12 bits per heavy atom. The van der Waals surface area contributed by atoms with Gasteiger partial charge in [-0.1, -0.05) is 48.5 Å². The molecule has 0 bridgehead atoms. The molecular weight excluding hydrogens is 428 g/mol. The summed E-state index contributed by atoms with van der Waals surface area (Å²) >= 11 is 0. The summed E-state index contributed by atoms with van der Waals surface area (Å²) < 4.78 is 5.47. The van der Waals surface area contributed by atoms with E-state index in [1.807, 2.05) is 11.0 Å². The largest absolute Gasteiger partial charge is 0.496 e. The first-order valence-electron chi connectivity index (χ1n) is 11.5. The molecule has 172 valence electrons. The molecule has 1 fully saturated rings. The van der Waals surface area contributed by atoms with Crippen LogP contribution in [-0.2, 0) is 6.54 Å². The predicted molar refractivity (Wildman–Crippen MR) is 128 cm³/mol. The maximum absolute atomic E-state index is 13.4. The molecule has 6 nitrogen and oxygen atoms in total. The second-order valence-electron chi connectivity index (χ2n) is 8.75. The molecule has 34 heavy (non-hydrogen) atoms. The van der Waals surface area contributed by atoms with Crippen LogP contribution in [0.25, 0.3) is 0 Å². The second-order valence-corrected chi connectivity index (χ2v) is 8.75. The predicted octanol–water partition coefficient (Wildman–Crippen LogP) is 4.51. The van der Waals surface area contributed by atoms with Gasteiger partial charge >= 0.3 is 0 Å². The van der Waals surface area contributed by atoms with E-state index in [2.05, 4.69) is 24.3 Å². The molecule has 0 saturated carbocycles. The van der Waals surface area contributed by atoms with Crippen LogP contribution in [-0.4, -0.2) is 47.7 Å². The molecule has 0 N–H and O–H groups in total. The van der Waals surface area contributed by atoms with Crippen molar-refractivity contribution in [1.82, 2.24) is 9.80 Å². The highest BCUT2D eigenvalue weighted by Crippen LogP contribution is 2.31. The number of fused-ring (bicyclic) bond motifs is 1. The summed E-state index contributed by atoms with van der Waals surface area (Å²) in [6.07, 6.45) is 1.82. The van der Waals surface area contributed by atoms with Crippen LogP contribution in [0.5, 0.6) is 5.75 Å². The van der Waals surface area contributed by atoms with Crippen LogP contribution in [0.15, 0.2) is 72.8 Å². The van der Waals surface area contributed by atoms with Crippen molar-refractivity contribution in [3.05, 3.63) is 101 Å². The lowest BCUT2D eigenvalue weighted by Crippen LogP contribution is -2.38. The number of imide groups is 1. The second kappa shape index (κ2) is 9.14. The number of methoxy groups -OCH3 is 1. The van der Waals surface area contributed by atoms with Crippen molar-refractivity contribution in [3.8, 4) is 5.75 Å². The van der Waals surface area contributed by atoms with Gasteiger partial charge in [0.05, 0.1) is 30.3 Å². The number of carbonyl (C=O) groups is 3. The molecular formula is C28H26N2O4. The van der Waals surface area contributed by atoms with Crippen molar-refractivity contribution in [2.24, 2.45) is 0 Å². The summed E-state index contributed by atoms with van der Waals surface area (Å²) in [4.78, 5) is 42.0. The highest BCUT2D eigenvalue weighted by molar-refractivity contribution is 6.21. The van der Waals surface area contributed by atoms with Crippen molar-refractivity contribution in [2.45, 2.75) is 25.3 Å². The van der Waals surface area contributed by atoms with Crippen molar-refractivity contribution < 1.29 is 19.1 Å². The normalized spacial score (nSPS) is 16.0. The molecule has 5 rings (SSSR count). The van der Waals surface area contributed by atoms with E-state index in [9.17, 15) is 14.4 Å². The zero-order chi connectivity index (χ0) is 23.7. The molecule has 3 aromatic rings. The summed E-state index contributed by atoms with van der Waals surface area (Å²) in [5.41, 5.74) is 3.31. The van der Waals surface area contributed by atoms with Crippen LogP contribution < -0.4 is 4.74 Å². The van der Waals surface area contributed by atoms with E-state index in [1.54, 1.807) is 42.5 Å². The van der Waals surface area contributed by atoms with Crippen molar-refractivity contribution in [1.29, 1.82) is 0 Å². The third-order valence-corrected chi connectivity index (χ3v) is 6.77. The standard InChI is InChI=1S/C28H26N2O4/c1-34-25-12-11-19(18-30-27(32)22-9-5-6-10-23(22)28(30)33)17-24(25)26(31)29-15-13-21(14-16-29)20-7-3-2-4-8-20/h2-12,17,21H,13-16,18H2,1H3. The summed E-state index contributed by atoms with van der Waals surface area (Å²) in [5.74, 6) is 0.223. The molecule has 0 spiro atoms. The van der Waals surface area contributed by atoms with Crippen LogP contribution in [0.1, 0.15) is 61.0 Å². The minimum absolute atomic E-state index is 0.0902. The molecule has 3 amide bonds. The average Bonchev–Trinajstić information content (AvgIpc) is 3.14. The van der Waals surface area contributed by atoms with E-state index >= 15 is 0 Å². The highest BCUT2D eigenvalue weighted by atomic mass is 16.5. The van der Waals surface area contributed by atoms with Crippen molar-refractivity contribution in [2.75, 3.05) is 20.2 Å². The number of ether oxygens (including phenoxy) is 1. The maximum Gasteiger partial charge on any atom is 0.261 e. The highest BCUT2D eigenvalue weighted by Gasteiger charge is 2.35. The monoisotopic (exact) mass is 454 g/mol. The van der Waals surface area contributed by atoms with Gasteiger partial charge in [0.1, 0.15) is 5.75 Å². The van der Waals surface area contributed by atoms with Gasteiger partial charge in [0.15, 0.2) is 0 Å². The zero-order valence-electron chi connectivity index (χ0n) is 19.1. The number of benzene rings is 3. The molecule has 0 aliphatic carbocycles. The fourth-order valence-electron chi connectivity index (χ4n) is 4.90. The van der Waals surface area contributed by atoms with Crippen LogP contribution >= 0.6 is 0 Å². The number of piperidine rings is 1. The van der Waals surface area contributed by atoms with Gasteiger partial charge in [-0.15, -0.1) is 0 Å². The lowest BCUT2D eigenvalue weighted by atomic mass is 9.89. The molecule has 0 unspecified atom stereocenters. The Bertz CT molecular complexity index is 1210. The van der Waals surface area contributed by atoms with Gasteiger partial charge in [-0.3, -0.25) is 19.3 Å². The Labute approximate surface area is 198 Å². The van der Waals surface area contributed by atoms with Gasteiger partial charge in [-0.05, 0) is 54.2 Å². The molecule has 2 aliphatic heterocycles. The van der Waals surface area contributed by atoms with Gasteiger partial charge < -0.3 is 9.64 Å². The van der Waals surface area contributed by atoms with Crippen LogP contribution in [0.4, 0.5) is 0 Å². The van der Waals surface area contributed by atoms with Gasteiger partial charge in [-0.2, -0.15) is 0 Å². The maximum atomic E-state index is 13.4. The summed E-state index contributed by atoms with van der Waals surface area (Å²) in [6.45, 7) is 1.45. The fraction of sp³-hybridized carbons (Fsp3) is 0.250. The number of hydrogen-bond acceptors (Lipinski definition) is 4. The Morgan fingerprint density at radius 1 is 0.882 bits per heavy atom. The third-order valence-electron chi connectivity index (χ3n) is 6.77. The topological polar surface area (TPSA) is 66.9 Å². The molecule has 3 aromatic carbocycles. The lowest BCUT2D eigenvalue weighted by molar-refractivity contribution is 0.0642. The first-order valence-corrected chi connectivity index (χ1v) is 11.5.